The quantitative estimate of drug-likeness (QED) is 0.215. The van der Waals surface area contributed by atoms with Crippen LogP contribution in [0.4, 0.5) is 5.69 Å². The molecule has 0 unspecified atom stereocenters. The van der Waals surface area contributed by atoms with Crippen molar-refractivity contribution in [2.45, 2.75) is 13.5 Å². The van der Waals surface area contributed by atoms with Crippen molar-refractivity contribution in [1.82, 2.24) is 0 Å². The van der Waals surface area contributed by atoms with E-state index in [1.807, 2.05) is 18.2 Å². The van der Waals surface area contributed by atoms with E-state index < -0.39 is 10.9 Å². The zero-order chi connectivity index (χ0) is 22.7. The van der Waals surface area contributed by atoms with Gasteiger partial charge >= 0.3 is 5.97 Å². The van der Waals surface area contributed by atoms with E-state index in [-0.39, 0.29) is 17.3 Å². The summed E-state index contributed by atoms with van der Waals surface area (Å²) in [5.41, 5.74) is 2.79. The third-order valence-corrected chi connectivity index (χ3v) is 4.97. The van der Waals surface area contributed by atoms with Crippen LogP contribution in [0.1, 0.15) is 22.3 Å². The Bertz CT molecular complexity index is 1270. The highest BCUT2D eigenvalue weighted by atomic mass is 35.5. The molecule has 0 aromatic heterocycles. The number of carbonyl (C=O) groups is 1. The Hall–Kier alpha value is -3.97. The second-order valence-electron chi connectivity index (χ2n) is 7.08. The largest absolute Gasteiger partial charge is 0.489 e. The Morgan fingerprint density at radius 3 is 2.59 bits per heavy atom. The Kier molecular flexibility index (Phi) is 6.00. The highest BCUT2D eigenvalue weighted by Gasteiger charge is 2.25. The second-order valence-corrected chi connectivity index (χ2v) is 7.52. The first kappa shape index (κ1) is 21.3. The van der Waals surface area contributed by atoms with Crippen LogP contribution in [0.15, 0.2) is 77.4 Å². The first-order chi connectivity index (χ1) is 15.4. The van der Waals surface area contributed by atoms with Crippen molar-refractivity contribution >= 4 is 35.2 Å². The minimum Gasteiger partial charge on any atom is -0.489 e. The molecule has 1 aliphatic rings. The van der Waals surface area contributed by atoms with E-state index in [9.17, 15) is 14.9 Å². The number of hydrogen-bond donors (Lipinski definition) is 0. The molecular formula is C24H17ClN2O5. The summed E-state index contributed by atoms with van der Waals surface area (Å²) < 4.78 is 11.0. The van der Waals surface area contributed by atoms with Crippen molar-refractivity contribution in [3.63, 3.8) is 0 Å². The topological polar surface area (TPSA) is 91.0 Å². The highest BCUT2D eigenvalue weighted by Crippen LogP contribution is 2.24. The van der Waals surface area contributed by atoms with Crippen LogP contribution in [0.3, 0.4) is 0 Å². The average molecular weight is 449 g/mol. The standard InChI is InChI=1S/C24H17ClN2O5/c1-15-11-18(7-10-22(15)27(29)30)23-26-21(24(28)32-23)13-16-5-8-20(9-6-16)31-14-17-3-2-4-19(25)12-17/h2-13H,14H2,1H3/b21-13-. The van der Waals surface area contributed by atoms with Gasteiger partial charge in [0.2, 0.25) is 5.90 Å². The molecule has 3 aromatic carbocycles. The van der Waals surface area contributed by atoms with Gasteiger partial charge in [0.1, 0.15) is 12.4 Å². The number of hydrogen-bond acceptors (Lipinski definition) is 6. The fourth-order valence-electron chi connectivity index (χ4n) is 3.14. The van der Waals surface area contributed by atoms with E-state index >= 15 is 0 Å². The summed E-state index contributed by atoms with van der Waals surface area (Å²) in [4.78, 5) is 27.0. The molecule has 0 amide bonds. The Labute approximate surface area is 188 Å². The Balaban J connectivity index is 1.47. The number of cyclic esters (lactones) is 1. The summed E-state index contributed by atoms with van der Waals surface area (Å²) in [7, 11) is 0. The molecule has 0 fully saturated rings. The van der Waals surface area contributed by atoms with Crippen LogP contribution >= 0.6 is 11.6 Å². The van der Waals surface area contributed by atoms with Crippen LogP contribution in [0.25, 0.3) is 6.08 Å². The molecular weight excluding hydrogens is 432 g/mol. The maximum absolute atomic E-state index is 12.2. The van der Waals surface area contributed by atoms with Crippen LogP contribution in [0.2, 0.25) is 5.02 Å². The molecule has 160 valence electrons. The Morgan fingerprint density at radius 2 is 1.91 bits per heavy atom. The number of nitro groups is 1. The van der Waals surface area contributed by atoms with Crippen LogP contribution < -0.4 is 4.74 Å². The number of esters is 1. The number of aliphatic imine (C=N–C) groups is 1. The lowest BCUT2D eigenvalue weighted by Gasteiger charge is -2.07. The van der Waals surface area contributed by atoms with Gasteiger partial charge in [-0.2, -0.15) is 0 Å². The molecule has 0 N–H and O–H groups in total. The van der Waals surface area contributed by atoms with Crippen LogP contribution in [0.5, 0.6) is 5.75 Å². The lowest BCUT2D eigenvalue weighted by molar-refractivity contribution is -0.385. The number of aryl methyl sites for hydroxylation is 1. The summed E-state index contributed by atoms with van der Waals surface area (Å²) in [6, 6.07) is 19.1. The van der Waals surface area contributed by atoms with Crippen LogP contribution in [0, 0.1) is 17.0 Å². The lowest BCUT2D eigenvalue weighted by atomic mass is 10.1. The van der Waals surface area contributed by atoms with Crippen molar-refractivity contribution in [3.05, 3.63) is 110 Å². The lowest BCUT2D eigenvalue weighted by Crippen LogP contribution is -2.06. The van der Waals surface area contributed by atoms with Crippen molar-refractivity contribution in [2.75, 3.05) is 0 Å². The maximum atomic E-state index is 12.2. The molecule has 0 saturated carbocycles. The van der Waals surface area contributed by atoms with Gasteiger partial charge in [-0.25, -0.2) is 9.79 Å². The van der Waals surface area contributed by atoms with Crippen LogP contribution in [-0.4, -0.2) is 16.8 Å². The monoisotopic (exact) mass is 448 g/mol. The predicted octanol–water partition coefficient (Wildman–Crippen LogP) is 5.48. The van der Waals surface area contributed by atoms with Crippen molar-refractivity contribution in [1.29, 1.82) is 0 Å². The molecule has 0 bridgehead atoms. The van der Waals surface area contributed by atoms with Crippen molar-refractivity contribution in [2.24, 2.45) is 4.99 Å². The van der Waals surface area contributed by atoms with Gasteiger partial charge in [-0.05, 0) is 60.5 Å². The minimum absolute atomic E-state index is 0.00731. The number of benzene rings is 3. The van der Waals surface area contributed by atoms with Gasteiger partial charge in [0, 0.05) is 22.2 Å². The molecule has 0 atom stereocenters. The van der Waals surface area contributed by atoms with Crippen molar-refractivity contribution in [3.8, 4) is 5.75 Å². The average Bonchev–Trinajstić information content (AvgIpc) is 3.13. The highest BCUT2D eigenvalue weighted by molar-refractivity contribution is 6.30. The number of ether oxygens (including phenoxy) is 2. The molecule has 4 rings (SSSR count). The predicted molar refractivity (Wildman–Crippen MR) is 121 cm³/mol. The SMILES string of the molecule is Cc1cc(C2=N/C(=C\c3ccc(OCc4cccc(Cl)c4)cc3)C(=O)O2)ccc1[N+](=O)[O-]. The van der Waals surface area contributed by atoms with E-state index in [0.717, 1.165) is 11.1 Å². The van der Waals surface area contributed by atoms with Gasteiger partial charge in [-0.3, -0.25) is 10.1 Å². The molecule has 0 spiro atoms. The summed E-state index contributed by atoms with van der Waals surface area (Å²) in [5.74, 6) is 0.199. The number of nitrogens with zero attached hydrogens (tertiary/aromatic N) is 2. The summed E-state index contributed by atoms with van der Waals surface area (Å²) >= 11 is 5.98. The summed E-state index contributed by atoms with van der Waals surface area (Å²) in [5, 5.41) is 11.6. The molecule has 0 saturated heterocycles. The van der Waals surface area contributed by atoms with Crippen LogP contribution in [-0.2, 0) is 16.1 Å². The van der Waals surface area contributed by atoms with Gasteiger partial charge in [0.05, 0.1) is 4.92 Å². The third-order valence-electron chi connectivity index (χ3n) is 4.74. The first-order valence-electron chi connectivity index (χ1n) is 9.64. The van der Waals surface area contributed by atoms with Gasteiger partial charge in [0.25, 0.3) is 5.69 Å². The molecule has 3 aromatic rings. The van der Waals surface area contributed by atoms with Gasteiger partial charge < -0.3 is 9.47 Å². The number of carbonyl (C=O) groups excluding carboxylic acids is 1. The van der Waals surface area contributed by atoms with E-state index in [2.05, 4.69) is 4.99 Å². The molecule has 0 aliphatic carbocycles. The molecule has 1 heterocycles. The normalized spacial score (nSPS) is 14.2. The Morgan fingerprint density at radius 1 is 1.12 bits per heavy atom. The third kappa shape index (κ3) is 4.84. The fourth-order valence-corrected chi connectivity index (χ4v) is 3.35. The molecule has 0 radical (unpaired) electrons. The molecule has 7 nitrogen and oxygen atoms in total. The second kappa shape index (κ2) is 9.03. The molecule has 1 aliphatic heterocycles. The zero-order valence-corrected chi connectivity index (χ0v) is 17.7. The molecule has 8 heteroatoms. The first-order valence-corrected chi connectivity index (χ1v) is 10.0. The fraction of sp³-hybridized carbons (Fsp3) is 0.0833. The van der Waals surface area contributed by atoms with Crippen molar-refractivity contribution < 1.29 is 19.2 Å². The summed E-state index contributed by atoms with van der Waals surface area (Å²) in [6.07, 6.45) is 1.61. The van der Waals surface area contributed by atoms with Gasteiger partial charge in [-0.15, -0.1) is 0 Å². The van der Waals surface area contributed by atoms with E-state index in [0.29, 0.717) is 28.5 Å². The smallest absolute Gasteiger partial charge is 0.363 e. The van der Waals surface area contributed by atoms with E-state index in [4.69, 9.17) is 21.1 Å². The maximum Gasteiger partial charge on any atom is 0.363 e. The number of halogens is 1. The molecule has 32 heavy (non-hydrogen) atoms. The van der Waals surface area contributed by atoms with Gasteiger partial charge in [0.15, 0.2) is 5.70 Å². The zero-order valence-electron chi connectivity index (χ0n) is 16.9. The van der Waals surface area contributed by atoms with E-state index in [1.165, 1.54) is 12.1 Å². The summed E-state index contributed by atoms with van der Waals surface area (Å²) in [6.45, 7) is 2.00. The number of rotatable bonds is 6. The minimum atomic E-state index is -0.586. The number of nitro benzene ring substituents is 1. The van der Waals surface area contributed by atoms with E-state index in [1.54, 1.807) is 49.4 Å². The van der Waals surface area contributed by atoms with Gasteiger partial charge in [-0.1, -0.05) is 35.9 Å².